The van der Waals surface area contributed by atoms with Crippen LogP contribution in [0.4, 0.5) is 0 Å². The van der Waals surface area contributed by atoms with Gasteiger partial charge in [0.15, 0.2) is 6.61 Å². The minimum atomic E-state index is -0.0709. The van der Waals surface area contributed by atoms with Gasteiger partial charge in [0.2, 0.25) is 11.7 Å². The predicted molar refractivity (Wildman–Crippen MR) is 87.8 cm³/mol. The summed E-state index contributed by atoms with van der Waals surface area (Å²) in [6.07, 6.45) is 0. The van der Waals surface area contributed by atoms with Crippen molar-refractivity contribution < 1.29 is 14.1 Å². The van der Waals surface area contributed by atoms with Crippen LogP contribution in [0, 0.1) is 6.92 Å². The van der Waals surface area contributed by atoms with Crippen molar-refractivity contribution in [3.05, 3.63) is 41.5 Å². The van der Waals surface area contributed by atoms with Gasteiger partial charge in [-0.25, -0.2) is 0 Å². The van der Waals surface area contributed by atoms with Crippen molar-refractivity contribution in [2.24, 2.45) is 0 Å². The molecule has 1 aliphatic rings. The van der Waals surface area contributed by atoms with Crippen LogP contribution in [-0.4, -0.2) is 46.1 Å². The van der Waals surface area contributed by atoms with E-state index in [2.05, 4.69) is 29.3 Å². The van der Waals surface area contributed by atoms with E-state index in [1.165, 1.54) is 0 Å². The molecule has 7 heteroatoms. The molecule has 1 N–H and O–H groups in total. The van der Waals surface area contributed by atoms with Gasteiger partial charge in [-0.3, -0.25) is 4.79 Å². The molecule has 2 heterocycles. The zero-order valence-corrected chi connectivity index (χ0v) is 14.2. The van der Waals surface area contributed by atoms with Crippen LogP contribution in [0.3, 0.4) is 0 Å². The van der Waals surface area contributed by atoms with Gasteiger partial charge in [0.05, 0.1) is 0 Å². The van der Waals surface area contributed by atoms with E-state index in [4.69, 9.17) is 9.26 Å². The summed E-state index contributed by atoms with van der Waals surface area (Å²) in [4.78, 5) is 18.7. The Morgan fingerprint density at radius 2 is 2.29 bits per heavy atom. The highest BCUT2D eigenvalue weighted by Gasteiger charge is 2.29. The summed E-state index contributed by atoms with van der Waals surface area (Å²) in [6.45, 7) is 8.30. The lowest BCUT2D eigenvalue weighted by Gasteiger charge is -2.39. The number of piperazine rings is 1. The average Bonchev–Trinajstić information content (AvgIpc) is 2.97. The van der Waals surface area contributed by atoms with E-state index in [0.29, 0.717) is 36.1 Å². The third-order valence-electron chi connectivity index (χ3n) is 3.88. The normalized spacial score (nSPS) is 16.9. The van der Waals surface area contributed by atoms with Crippen molar-refractivity contribution in [1.82, 2.24) is 20.4 Å². The molecule has 1 aliphatic heterocycles. The predicted octanol–water partition coefficient (Wildman–Crippen LogP) is 1.78. The van der Waals surface area contributed by atoms with Crippen LogP contribution in [0.15, 0.2) is 28.8 Å². The maximum atomic E-state index is 12.7. The fourth-order valence-electron chi connectivity index (χ4n) is 2.76. The summed E-state index contributed by atoms with van der Waals surface area (Å²) in [5.41, 5.74) is 0.549. The molecular weight excluding hydrogens is 308 g/mol. The Bertz CT molecular complexity index is 726. The molecule has 24 heavy (non-hydrogen) atoms. The summed E-state index contributed by atoms with van der Waals surface area (Å²) in [6, 6.07) is 7.19. The Hall–Kier alpha value is -2.41. The average molecular weight is 330 g/mol. The third-order valence-corrected chi connectivity index (χ3v) is 3.88. The number of aromatic nitrogens is 2. The number of amides is 1. The number of carbonyl (C=O) groups excluding carboxylic acids is 1. The molecule has 0 aliphatic carbocycles. The highest BCUT2D eigenvalue weighted by Crippen LogP contribution is 2.18. The molecule has 7 nitrogen and oxygen atoms in total. The summed E-state index contributed by atoms with van der Waals surface area (Å²) in [7, 11) is 0. The summed E-state index contributed by atoms with van der Waals surface area (Å²) in [5.74, 6) is 1.61. The molecule has 0 unspecified atom stereocenters. The lowest BCUT2D eigenvalue weighted by atomic mass is 10.0. The molecule has 1 saturated heterocycles. The van der Waals surface area contributed by atoms with Crippen molar-refractivity contribution in [1.29, 1.82) is 0 Å². The number of carbonyl (C=O) groups is 1. The van der Waals surface area contributed by atoms with Gasteiger partial charge in [-0.05, 0) is 32.0 Å². The lowest BCUT2D eigenvalue weighted by Crippen LogP contribution is -2.58. The number of benzene rings is 1. The van der Waals surface area contributed by atoms with Gasteiger partial charge in [-0.2, -0.15) is 4.98 Å². The highest BCUT2D eigenvalue weighted by molar-refractivity contribution is 5.94. The molecule has 128 valence electrons. The van der Waals surface area contributed by atoms with Crippen molar-refractivity contribution in [2.45, 2.75) is 32.9 Å². The first-order valence-corrected chi connectivity index (χ1v) is 7.99. The fourth-order valence-corrected chi connectivity index (χ4v) is 2.76. The molecule has 0 radical (unpaired) electrons. The topological polar surface area (TPSA) is 80.5 Å². The zero-order chi connectivity index (χ0) is 17.2. The molecule has 0 spiro atoms. The fraction of sp³-hybridized carbons (Fsp3) is 0.471. The molecule has 0 saturated carbocycles. The molecule has 1 amide bonds. The van der Waals surface area contributed by atoms with Gasteiger partial charge in [-0.1, -0.05) is 11.2 Å². The highest BCUT2D eigenvalue weighted by atomic mass is 16.5. The van der Waals surface area contributed by atoms with Gasteiger partial charge in [0.1, 0.15) is 5.75 Å². The van der Waals surface area contributed by atoms with Crippen LogP contribution in [0.5, 0.6) is 5.75 Å². The number of nitrogens with zero attached hydrogens (tertiary/aromatic N) is 3. The lowest BCUT2D eigenvalue weighted by molar-refractivity contribution is 0.0651. The van der Waals surface area contributed by atoms with E-state index in [1.54, 1.807) is 13.0 Å². The van der Waals surface area contributed by atoms with Crippen molar-refractivity contribution in [3.63, 3.8) is 0 Å². The van der Waals surface area contributed by atoms with Crippen molar-refractivity contribution in [2.75, 3.05) is 19.6 Å². The second-order valence-corrected chi connectivity index (χ2v) is 6.58. The number of hydrogen-bond acceptors (Lipinski definition) is 6. The Morgan fingerprint density at radius 3 is 3.00 bits per heavy atom. The quantitative estimate of drug-likeness (QED) is 0.920. The van der Waals surface area contributed by atoms with Crippen LogP contribution in [0.2, 0.25) is 0 Å². The minimum Gasteiger partial charge on any atom is -0.485 e. The SMILES string of the molecule is Cc1nc(COc2cccc(C(=O)N3CCNC(C)(C)C3)c2)no1. The largest absolute Gasteiger partial charge is 0.485 e. The smallest absolute Gasteiger partial charge is 0.254 e. The van der Waals surface area contributed by atoms with E-state index >= 15 is 0 Å². The van der Waals surface area contributed by atoms with Crippen LogP contribution < -0.4 is 10.1 Å². The number of hydrogen-bond donors (Lipinski definition) is 1. The zero-order valence-electron chi connectivity index (χ0n) is 14.2. The van der Waals surface area contributed by atoms with E-state index < -0.39 is 0 Å². The number of ether oxygens (including phenoxy) is 1. The Morgan fingerprint density at radius 1 is 1.46 bits per heavy atom. The van der Waals surface area contributed by atoms with Gasteiger partial charge < -0.3 is 19.5 Å². The van der Waals surface area contributed by atoms with Gasteiger partial charge >= 0.3 is 0 Å². The van der Waals surface area contributed by atoms with Crippen LogP contribution in [-0.2, 0) is 6.61 Å². The van der Waals surface area contributed by atoms with E-state index in [9.17, 15) is 4.79 Å². The Labute approximate surface area is 141 Å². The van der Waals surface area contributed by atoms with Crippen LogP contribution in [0.25, 0.3) is 0 Å². The van der Waals surface area contributed by atoms with Gasteiger partial charge in [-0.15, -0.1) is 0 Å². The molecule has 1 fully saturated rings. The molecule has 0 atom stereocenters. The van der Waals surface area contributed by atoms with Crippen molar-refractivity contribution in [3.8, 4) is 5.75 Å². The molecular formula is C17H22N4O3. The first-order chi connectivity index (χ1) is 11.4. The molecule has 3 rings (SSSR count). The monoisotopic (exact) mass is 330 g/mol. The van der Waals surface area contributed by atoms with E-state index in [1.807, 2.05) is 23.1 Å². The van der Waals surface area contributed by atoms with E-state index in [0.717, 1.165) is 6.54 Å². The van der Waals surface area contributed by atoms with E-state index in [-0.39, 0.29) is 18.1 Å². The van der Waals surface area contributed by atoms with Gasteiger partial charge in [0, 0.05) is 37.7 Å². The number of aryl methyl sites for hydroxylation is 1. The second kappa shape index (κ2) is 6.60. The summed E-state index contributed by atoms with van der Waals surface area (Å²) < 4.78 is 10.6. The molecule has 2 aromatic rings. The van der Waals surface area contributed by atoms with Crippen molar-refractivity contribution >= 4 is 5.91 Å². The molecule has 1 aromatic heterocycles. The third kappa shape index (κ3) is 3.91. The van der Waals surface area contributed by atoms with Crippen LogP contribution in [0.1, 0.15) is 35.9 Å². The summed E-state index contributed by atoms with van der Waals surface area (Å²) in [5, 5.41) is 7.19. The molecule has 1 aromatic carbocycles. The maximum absolute atomic E-state index is 12.7. The maximum Gasteiger partial charge on any atom is 0.254 e. The standard InChI is InChI=1S/C17H22N4O3/c1-12-19-15(20-24-12)10-23-14-6-4-5-13(9-14)16(22)21-8-7-18-17(2,3)11-21/h4-6,9,18H,7-8,10-11H2,1-3H3. The summed E-state index contributed by atoms with van der Waals surface area (Å²) >= 11 is 0. The first-order valence-electron chi connectivity index (χ1n) is 7.99. The first kappa shape index (κ1) is 16.4. The number of rotatable bonds is 4. The van der Waals surface area contributed by atoms with Gasteiger partial charge in [0.25, 0.3) is 5.91 Å². The van der Waals surface area contributed by atoms with Crippen LogP contribution >= 0.6 is 0 Å². The number of nitrogens with one attached hydrogen (secondary N) is 1. The Kier molecular flexibility index (Phi) is 4.53. The molecule has 0 bridgehead atoms. The second-order valence-electron chi connectivity index (χ2n) is 6.58. The Balaban J connectivity index is 1.67. The minimum absolute atomic E-state index is 0.0189.